The van der Waals surface area contributed by atoms with Gasteiger partial charge in [-0.1, -0.05) is 42.0 Å². The van der Waals surface area contributed by atoms with Gasteiger partial charge in [-0.3, -0.25) is 9.78 Å². The first-order valence-corrected chi connectivity index (χ1v) is 9.01. The summed E-state index contributed by atoms with van der Waals surface area (Å²) in [6.45, 7) is 1.40. The second-order valence-electron chi connectivity index (χ2n) is 6.38. The van der Waals surface area contributed by atoms with Crippen molar-refractivity contribution in [2.75, 3.05) is 11.9 Å². The number of amides is 1. The molecule has 0 saturated heterocycles. The van der Waals surface area contributed by atoms with E-state index in [-0.39, 0.29) is 5.91 Å². The molecule has 0 radical (unpaired) electrons. The molecule has 0 spiro atoms. The first-order valence-electron chi connectivity index (χ1n) is 9.01. The third-order valence-electron chi connectivity index (χ3n) is 4.45. The summed E-state index contributed by atoms with van der Waals surface area (Å²) in [6.07, 6.45) is 10.2. The number of aromatic nitrogens is 1. The molecule has 0 saturated carbocycles. The molecule has 0 unspecified atom stereocenters. The van der Waals surface area contributed by atoms with E-state index < -0.39 is 0 Å². The molecule has 130 valence electrons. The van der Waals surface area contributed by atoms with Crippen molar-refractivity contribution in [1.82, 2.24) is 10.3 Å². The van der Waals surface area contributed by atoms with Gasteiger partial charge in [0.2, 0.25) is 0 Å². The number of carbonyl (C=O) groups excluding carboxylic acids is 1. The Morgan fingerprint density at radius 1 is 1.12 bits per heavy atom. The van der Waals surface area contributed by atoms with Crippen LogP contribution in [0.15, 0.2) is 60.3 Å². The van der Waals surface area contributed by atoms with Crippen LogP contribution in [-0.4, -0.2) is 17.4 Å². The van der Waals surface area contributed by atoms with Gasteiger partial charge < -0.3 is 10.6 Å². The van der Waals surface area contributed by atoms with Crippen LogP contribution in [0.25, 0.3) is 0 Å². The van der Waals surface area contributed by atoms with Crippen LogP contribution in [0.1, 0.15) is 48.2 Å². The molecule has 0 fully saturated rings. The number of carbonyl (C=O) groups is 1. The first kappa shape index (κ1) is 17.2. The summed E-state index contributed by atoms with van der Waals surface area (Å²) in [6, 6.07) is 13.6. The van der Waals surface area contributed by atoms with Crippen molar-refractivity contribution in [2.45, 2.75) is 38.6 Å². The minimum Gasteiger partial charge on any atom is -0.385 e. The molecule has 1 aromatic heterocycles. The number of nitrogens with zero attached hydrogens (tertiary/aromatic N) is 1. The fourth-order valence-electron chi connectivity index (χ4n) is 3.03. The van der Waals surface area contributed by atoms with Crippen LogP contribution in [0.4, 0.5) is 5.69 Å². The summed E-state index contributed by atoms with van der Waals surface area (Å²) >= 11 is 0. The lowest BCUT2D eigenvalue weighted by atomic mass is 9.97. The lowest BCUT2D eigenvalue weighted by Gasteiger charge is -2.13. The summed E-state index contributed by atoms with van der Waals surface area (Å²) in [4.78, 5) is 16.5. The maximum atomic E-state index is 12.3. The molecule has 0 atom stereocenters. The molecular formula is C21H25N3O. The van der Waals surface area contributed by atoms with Gasteiger partial charge in [0.15, 0.2) is 0 Å². The predicted molar refractivity (Wildman–Crippen MR) is 102 cm³/mol. The van der Waals surface area contributed by atoms with E-state index in [4.69, 9.17) is 0 Å². The number of benzene rings is 1. The van der Waals surface area contributed by atoms with E-state index in [0.29, 0.717) is 12.2 Å². The number of allylic oxidation sites excluding steroid dienone is 1. The summed E-state index contributed by atoms with van der Waals surface area (Å²) in [5.74, 6) is -0.150. The molecule has 1 heterocycles. The Balaban J connectivity index is 1.50. The van der Waals surface area contributed by atoms with Gasteiger partial charge in [0.25, 0.3) is 5.91 Å². The molecule has 0 aliphatic heterocycles. The van der Waals surface area contributed by atoms with Gasteiger partial charge in [-0.05, 0) is 49.8 Å². The highest BCUT2D eigenvalue weighted by Gasteiger charge is 2.08. The van der Waals surface area contributed by atoms with Crippen molar-refractivity contribution >= 4 is 11.6 Å². The number of hydrogen-bond donors (Lipinski definition) is 2. The molecule has 1 amide bonds. The number of nitrogens with one attached hydrogen (secondary N) is 2. The average Bonchev–Trinajstić information content (AvgIpc) is 2.68. The molecule has 1 aliphatic carbocycles. The Morgan fingerprint density at radius 3 is 2.80 bits per heavy atom. The summed E-state index contributed by atoms with van der Waals surface area (Å²) in [7, 11) is 0. The molecule has 4 nitrogen and oxygen atoms in total. The SMILES string of the molecule is O=C(NCc1ccccc1)c1cc(NCCC2=CCCCC2)ccn1. The van der Waals surface area contributed by atoms with Crippen LogP contribution in [0.3, 0.4) is 0 Å². The Bertz CT molecular complexity index is 725. The van der Waals surface area contributed by atoms with Gasteiger partial charge in [0, 0.05) is 25.0 Å². The minimum absolute atomic E-state index is 0.150. The molecule has 1 aromatic carbocycles. The topological polar surface area (TPSA) is 54.0 Å². The normalized spacial score (nSPS) is 13.8. The highest BCUT2D eigenvalue weighted by atomic mass is 16.1. The van der Waals surface area contributed by atoms with E-state index in [9.17, 15) is 4.79 Å². The monoisotopic (exact) mass is 335 g/mol. The molecular weight excluding hydrogens is 310 g/mol. The maximum Gasteiger partial charge on any atom is 0.270 e. The van der Waals surface area contributed by atoms with Crippen molar-refractivity contribution in [1.29, 1.82) is 0 Å². The quantitative estimate of drug-likeness (QED) is 0.741. The number of pyridine rings is 1. The predicted octanol–water partition coefficient (Wildman–Crippen LogP) is 4.31. The van der Waals surface area contributed by atoms with Gasteiger partial charge in [-0.15, -0.1) is 0 Å². The number of hydrogen-bond acceptors (Lipinski definition) is 3. The first-order chi connectivity index (χ1) is 12.3. The average molecular weight is 335 g/mol. The number of anilines is 1. The second-order valence-corrected chi connectivity index (χ2v) is 6.38. The summed E-state index contributed by atoms with van der Waals surface area (Å²) in [5.41, 5.74) is 4.01. The van der Waals surface area contributed by atoms with Crippen LogP contribution in [0.2, 0.25) is 0 Å². The zero-order valence-electron chi connectivity index (χ0n) is 14.5. The van der Waals surface area contributed by atoms with Crippen molar-refractivity contribution in [3.05, 3.63) is 71.6 Å². The van der Waals surface area contributed by atoms with Crippen LogP contribution in [0.5, 0.6) is 0 Å². The Hall–Kier alpha value is -2.62. The van der Waals surface area contributed by atoms with Crippen molar-refractivity contribution in [2.24, 2.45) is 0 Å². The fourth-order valence-corrected chi connectivity index (χ4v) is 3.03. The van der Waals surface area contributed by atoms with E-state index in [1.165, 1.54) is 25.7 Å². The molecule has 25 heavy (non-hydrogen) atoms. The Kier molecular flexibility index (Phi) is 6.21. The Morgan fingerprint density at radius 2 is 2.00 bits per heavy atom. The molecule has 1 aliphatic rings. The van der Waals surface area contributed by atoms with E-state index in [2.05, 4.69) is 21.7 Å². The summed E-state index contributed by atoms with van der Waals surface area (Å²) in [5, 5.41) is 6.31. The van der Waals surface area contributed by atoms with Gasteiger partial charge in [0.05, 0.1) is 0 Å². The van der Waals surface area contributed by atoms with Crippen LogP contribution in [0, 0.1) is 0 Å². The van der Waals surface area contributed by atoms with E-state index in [1.807, 2.05) is 42.5 Å². The Labute approximate surface area is 149 Å². The van der Waals surface area contributed by atoms with Crippen molar-refractivity contribution < 1.29 is 4.79 Å². The highest BCUT2D eigenvalue weighted by Crippen LogP contribution is 2.20. The second kappa shape index (κ2) is 9.02. The smallest absolute Gasteiger partial charge is 0.270 e. The van der Waals surface area contributed by atoms with Gasteiger partial charge in [-0.25, -0.2) is 0 Å². The van der Waals surface area contributed by atoms with Gasteiger partial charge in [-0.2, -0.15) is 0 Å². The van der Waals surface area contributed by atoms with Crippen LogP contribution in [-0.2, 0) is 6.54 Å². The maximum absolute atomic E-state index is 12.3. The molecule has 0 bridgehead atoms. The molecule has 2 N–H and O–H groups in total. The highest BCUT2D eigenvalue weighted by molar-refractivity contribution is 5.93. The molecule has 3 rings (SSSR count). The van der Waals surface area contributed by atoms with E-state index >= 15 is 0 Å². The van der Waals surface area contributed by atoms with Gasteiger partial charge in [0.1, 0.15) is 5.69 Å². The largest absolute Gasteiger partial charge is 0.385 e. The van der Waals surface area contributed by atoms with Crippen molar-refractivity contribution in [3.63, 3.8) is 0 Å². The lowest BCUT2D eigenvalue weighted by molar-refractivity contribution is 0.0946. The third-order valence-corrected chi connectivity index (χ3v) is 4.45. The summed E-state index contributed by atoms with van der Waals surface area (Å²) < 4.78 is 0. The zero-order valence-corrected chi connectivity index (χ0v) is 14.5. The standard InChI is InChI=1S/C21H25N3O/c25-21(24-16-18-9-5-2-6-10-18)20-15-19(12-14-23-20)22-13-11-17-7-3-1-4-8-17/h2,5-7,9-10,12,14-15H,1,3-4,8,11,13,16H2,(H,22,23)(H,24,25). The van der Waals surface area contributed by atoms with Crippen molar-refractivity contribution in [3.8, 4) is 0 Å². The fraction of sp³-hybridized carbons (Fsp3) is 0.333. The van der Waals surface area contributed by atoms with Crippen LogP contribution >= 0.6 is 0 Å². The van der Waals surface area contributed by atoms with E-state index in [1.54, 1.807) is 11.8 Å². The van der Waals surface area contributed by atoms with Gasteiger partial charge >= 0.3 is 0 Å². The minimum atomic E-state index is -0.150. The third kappa shape index (κ3) is 5.45. The van der Waals surface area contributed by atoms with E-state index in [0.717, 1.165) is 24.2 Å². The van der Waals surface area contributed by atoms with Crippen LogP contribution < -0.4 is 10.6 Å². The molecule has 4 heteroatoms. The zero-order chi connectivity index (χ0) is 17.3. The lowest BCUT2D eigenvalue weighted by Crippen LogP contribution is -2.23. The molecule has 2 aromatic rings. The number of rotatable bonds is 7.